The third-order valence-corrected chi connectivity index (χ3v) is 12.9. The Morgan fingerprint density at radius 1 is 0.304 bits per heavy atom. The Hall–Kier alpha value is -6.79. The smallest absolute Gasteiger partial charge is 0.160 e. The molecular weight excluding hydrogens is 719 g/mol. The van der Waals surface area contributed by atoms with E-state index >= 15 is 0 Å². The fourth-order valence-electron chi connectivity index (χ4n) is 7.82. The summed E-state index contributed by atoms with van der Waals surface area (Å²) in [7, 11) is 0. The second-order valence-electron chi connectivity index (χ2n) is 14.0. The summed E-state index contributed by atoms with van der Waals surface area (Å²) >= 11 is 3.69. The fraction of sp³-hybridized carbons (Fsp3) is 0. The number of thiophene rings is 2. The molecule has 3 nitrogen and oxygen atoms in total. The van der Waals surface area contributed by atoms with E-state index in [2.05, 4.69) is 164 Å². The standard InChI is InChI=1S/C51H31N3S2/c1-2-12-32(13-3-1)45-31-46(39-15-5-4-14-38(39)44-18-10-11-25-52-44)54-51(53-45)37-27-35(33-21-23-49-42(29-33)40-16-6-8-19-47(40)55-49)26-36(28-37)34-22-24-50-43(30-34)41-17-7-9-20-48(41)56-50/h1-31H. The number of pyridine rings is 1. The van der Waals surface area contributed by atoms with Crippen LogP contribution < -0.4 is 0 Å². The highest BCUT2D eigenvalue weighted by molar-refractivity contribution is 7.26. The molecule has 0 N–H and O–H groups in total. The van der Waals surface area contributed by atoms with Crippen molar-refractivity contribution in [1.29, 1.82) is 0 Å². The van der Waals surface area contributed by atoms with Gasteiger partial charge in [-0.15, -0.1) is 22.7 Å². The third kappa shape index (κ3) is 5.77. The number of hydrogen-bond acceptors (Lipinski definition) is 5. The number of aromatic nitrogens is 3. The average molecular weight is 750 g/mol. The predicted octanol–water partition coefficient (Wildman–Crippen LogP) is 14.6. The lowest BCUT2D eigenvalue weighted by Crippen LogP contribution is -1.98. The van der Waals surface area contributed by atoms with Crippen molar-refractivity contribution in [1.82, 2.24) is 15.0 Å². The van der Waals surface area contributed by atoms with Gasteiger partial charge in [-0.3, -0.25) is 4.98 Å². The molecule has 0 bridgehead atoms. The quantitative estimate of drug-likeness (QED) is 0.170. The molecule has 7 aromatic carbocycles. The van der Waals surface area contributed by atoms with E-state index in [1.807, 2.05) is 47.1 Å². The maximum atomic E-state index is 5.38. The minimum atomic E-state index is 0.671. The first-order chi connectivity index (χ1) is 27.7. The Morgan fingerprint density at radius 3 is 1.45 bits per heavy atom. The molecule has 4 aromatic heterocycles. The van der Waals surface area contributed by atoms with E-state index in [1.165, 1.54) is 40.3 Å². The van der Waals surface area contributed by atoms with Crippen molar-refractivity contribution in [3.05, 3.63) is 188 Å². The Balaban J connectivity index is 1.15. The van der Waals surface area contributed by atoms with E-state index in [1.54, 1.807) is 0 Å². The number of rotatable bonds is 6. The van der Waals surface area contributed by atoms with Crippen LogP contribution in [0.1, 0.15) is 0 Å². The maximum Gasteiger partial charge on any atom is 0.160 e. The van der Waals surface area contributed by atoms with Crippen LogP contribution in [0.5, 0.6) is 0 Å². The summed E-state index contributed by atoms with van der Waals surface area (Å²) in [5.74, 6) is 0.671. The van der Waals surface area contributed by atoms with Gasteiger partial charge in [-0.1, -0.05) is 109 Å². The van der Waals surface area contributed by atoms with Gasteiger partial charge in [0, 0.05) is 68.8 Å². The summed E-state index contributed by atoms with van der Waals surface area (Å²) in [5.41, 5.74) is 11.2. The van der Waals surface area contributed by atoms with Gasteiger partial charge < -0.3 is 0 Å². The summed E-state index contributed by atoms with van der Waals surface area (Å²) in [6.07, 6.45) is 1.84. The van der Waals surface area contributed by atoms with Crippen molar-refractivity contribution in [2.45, 2.75) is 0 Å². The van der Waals surface area contributed by atoms with Crippen molar-refractivity contribution in [3.8, 4) is 67.4 Å². The Kier molecular flexibility index (Phi) is 7.87. The van der Waals surface area contributed by atoms with Gasteiger partial charge in [0.1, 0.15) is 0 Å². The first-order valence-electron chi connectivity index (χ1n) is 18.7. The summed E-state index contributed by atoms with van der Waals surface area (Å²) in [6, 6.07) is 64.9. The Bertz CT molecular complexity index is 3120. The molecule has 0 atom stereocenters. The molecule has 0 saturated carbocycles. The molecule has 0 aliphatic carbocycles. The Labute approximate surface area is 331 Å². The zero-order valence-electron chi connectivity index (χ0n) is 30.1. The average Bonchev–Trinajstić information content (AvgIpc) is 3.84. The third-order valence-electron chi connectivity index (χ3n) is 10.6. The van der Waals surface area contributed by atoms with Crippen LogP contribution in [0, 0.1) is 0 Å². The SMILES string of the molecule is c1ccc(-c2cc(-c3ccccc3-c3ccccn3)nc(-c3cc(-c4ccc5sc6ccccc6c5c4)cc(-c4ccc5sc6ccccc6c5c4)c3)n2)cc1. The van der Waals surface area contributed by atoms with Crippen molar-refractivity contribution >= 4 is 63.0 Å². The minimum absolute atomic E-state index is 0.671. The molecule has 0 saturated heterocycles. The number of benzene rings is 7. The van der Waals surface area contributed by atoms with E-state index in [4.69, 9.17) is 15.0 Å². The topological polar surface area (TPSA) is 38.7 Å². The lowest BCUT2D eigenvalue weighted by molar-refractivity contribution is 1.18. The van der Waals surface area contributed by atoms with Gasteiger partial charge in [0.05, 0.1) is 17.1 Å². The molecule has 262 valence electrons. The van der Waals surface area contributed by atoms with Crippen molar-refractivity contribution in [2.75, 3.05) is 0 Å². The molecule has 4 heterocycles. The van der Waals surface area contributed by atoms with Crippen LogP contribution in [-0.2, 0) is 0 Å². The number of nitrogens with zero attached hydrogens (tertiary/aromatic N) is 3. The molecule has 0 unspecified atom stereocenters. The van der Waals surface area contributed by atoms with E-state index in [-0.39, 0.29) is 0 Å². The van der Waals surface area contributed by atoms with Gasteiger partial charge in [-0.05, 0) is 95.1 Å². The van der Waals surface area contributed by atoms with Crippen LogP contribution in [-0.4, -0.2) is 15.0 Å². The van der Waals surface area contributed by atoms with Gasteiger partial charge in [0.15, 0.2) is 5.82 Å². The van der Waals surface area contributed by atoms with Crippen molar-refractivity contribution < 1.29 is 0 Å². The second kappa shape index (κ2) is 13.5. The largest absolute Gasteiger partial charge is 0.256 e. The molecule has 0 fully saturated rings. The van der Waals surface area contributed by atoms with Gasteiger partial charge in [0.25, 0.3) is 0 Å². The first kappa shape index (κ1) is 32.6. The lowest BCUT2D eigenvalue weighted by atomic mass is 9.94. The molecule has 0 amide bonds. The van der Waals surface area contributed by atoms with Crippen LogP contribution >= 0.6 is 22.7 Å². The lowest BCUT2D eigenvalue weighted by Gasteiger charge is -2.14. The van der Waals surface area contributed by atoms with Crippen LogP contribution in [0.2, 0.25) is 0 Å². The summed E-state index contributed by atoms with van der Waals surface area (Å²) in [5, 5.41) is 5.13. The molecule has 5 heteroatoms. The summed E-state index contributed by atoms with van der Waals surface area (Å²) in [6.45, 7) is 0. The molecule has 11 rings (SSSR count). The van der Waals surface area contributed by atoms with E-state index in [0.717, 1.165) is 61.6 Å². The molecular formula is C51H31N3S2. The maximum absolute atomic E-state index is 5.38. The highest BCUT2D eigenvalue weighted by Gasteiger charge is 2.17. The van der Waals surface area contributed by atoms with E-state index in [0.29, 0.717) is 5.82 Å². The van der Waals surface area contributed by atoms with Gasteiger partial charge in [-0.25, -0.2) is 9.97 Å². The Morgan fingerprint density at radius 2 is 0.821 bits per heavy atom. The van der Waals surface area contributed by atoms with Crippen LogP contribution in [0.25, 0.3) is 108 Å². The number of hydrogen-bond donors (Lipinski definition) is 0. The normalized spacial score (nSPS) is 11.6. The highest BCUT2D eigenvalue weighted by atomic mass is 32.1. The zero-order chi connectivity index (χ0) is 37.0. The van der Waals surface area contributed by atoms with Crippen LogP contribution in [0.4, 0.5) is 0 Å². The molecule has 0 radical (unpaired) electrons. The summed E-state index contributed by atoms with van der Waals surface area (Å²) < 4.78 is 5.18. The fourth-order valence-corrected chi connectivity index (χ4v) is 10.00. The molecule has 0 aliphatic heterocycles. The number of fused-ring (bicyclic) bond motifs is 6. The van der Waals surface area contributed by atoms with Crippen LogP contribution in [0.3, 0.4) is 0 Å². The predicted molar refractivity (Wildman–Crippen MR) is 238 cm³/mol. The van der Waals surface area contributed by atoms with Crippen LogP contribution in [0.15, 0.2) is 188 Å². The molecule has 11 aromatic rings. The first-order valence-corrected chi connectivity index (χ1v) is 20.3. The zero-order valence-corrected chi connectivity index (χ0v) is 31.7. The van der Waals surface area contributed by atoms with E-state index in [9.17, 15) is 0 Å². The van der Waals surface area contributed by atoms with Gasteiger partial charge in [0.2, 0.25) is 0 Å². The van der Waals surface area contributed by atoms with E-state index < -0.39 is 0 Å². The van der Waals surface area contributed by atoms with Crippen molar-refractivity contribution in [3.63, 3.8) is 0 Å². The minimum Gasteiger partial charge on any atom is -0.256 e. The van der Waals surface area contributed by atoms with Crippen molar-refractivity contribution in [2.24, 2.45) is 0 Å². The highest BCUT2D eigenvalue weighted by Crippen LogP contribution is 2.41. The van der Waals surface area contributed by atoms with Gasteiger partial charge in [-0.2, -0.15) is 0 Å². The van der Waals surface area contributed by atoms with Gasteiger partial charge >= 0.3 is 0 Å². The molecule has 0 aliphatic rings. The molecule has 0 spiro atoms. The summed E-state index contributed by atoms with van der Waals surface area (Å²) in [4.78, 5) is 15.4. The molecule has 56 heavy (non-hydrogen) atoms. The second-order valence-corrected chi connectivity index (χ2v) is 16.2. The monoisotopic (exact) mass is 749 g/mol.